The Labute approximate surface area is 123 Å². The van der Waals surface area contributed by atoms with Crippen LogP contribution in [0.25, 0.3) is 0 Å². The Morgan fingerprint density at radius 3 is 2.62 bits per heavy atom. The zero-order valence-electron chi connectivity index (χ0n) is 12.4. The van der Waals surface area contributed by atoms with Crippen molar-refractivity contribution in [2.45, 2.75) is 6.92 Å². The molecule has 0 atom stereocenters. The normalized spacial score (nSPS) is 16.9. The maximum absolute atomic E-state index is 13.4. The van der Waals surface area contributed by atoms with E-state index in [4.69, 9.17) is 0 Å². The van der Waals surface area contributed by atoms with Gasteiger partial charge in [0.25, 0.3) is 5.69 Å². The average molecular weight is 296 g/mol. The average Bonchev–Trinajstić information content (AvgIpc) is 2.44. The number of nitrogens with zero attached hydrogens (tertiary/aromatic N) is 3. The first-order chi connectivity index (χ1) is 9.97. The van der Waals surface area contributed by atoms with Gasteiger partial charge in [0, 0.05) is 39.3 Å². The van der Waals surface area contributed by atoms with Crippen LogP contribution >= 0.6 is 0 Å². The van der Waals surface area contributed by atoms with Crippen molar-refractivity contribution in [3.05, 3.63) is 33.6 Å². The number of hydrogen-bond donors (Lipinski definition) is 1. The standard InChI is InChI=1S/C14H21FN4O2/c1-11-9-13(14(19(20)21)10-12(11)15)16-3-4-18-7-5-17(2)6-8-18/h9-10,16H,3-8H2,1-2H3. The maximum Gasteiger partial charge on any atom is 0.295 e. The molecule has 0 radical (unpaired) electrons. The van der Waals surface area contributed by atoms with Crippen LogP contribution < -0.4 is 5.32 Å². The van der Waals surface area contributed by atoms with E-state index in [0.29, 0.717) is 17.8 Å². The van der Waals surface area contributed by atoms with E-state index in [1.165, 1.54) is 6.07 Å². The third-order valence-corrected chi connectivity index (χ3v) is 3.81. The highest BCUT2D eigenvalue weighted by atomic mass is 19.1. The van der Waals surface area contributed by atoms with Gasteiger partial charge in [-0.15, -0.1) is 0 Å². The molecule has 21 heavy (non-hydrogen) atoms. The van der Waals surface area contributed by atoms with E-state index >= 15 is 0 Å². The zero-order chi connectivity index (χ0) is 15.4. The summed E-state index contributed by atoms with van der Waals surface area (Å²) < 4.78 is 13.4. The summed E-state index contributed by atoms with van der Waals surface area (Å²) in [5.74, 6) is -0.550. The van der Waals surface area contributed by atoms with Gasteiger partial charge in [0.05, 0.1) is 11.0 Å². The molecule has 2 rings (SSSR count). The van der Waals surface area contributed by atoms with E-state index in [1.807, 2.05) is 0 Å². The van der Waals surface area contributed by atoms with Crippen molar-refractivity contribution in [2.24, 2.45) is 0 Å². The number of nitrogens with one attached hydrogen (secondary N) is 1. The van der Waals surface area contributed by atoms with E-state index in [-0.39, 0.29) is 5.69 Å². The summed E-state index contributed by atoms with van der Waals surface area (Å²) >= 11 is 0. The molecular weight excluding hydrogens is 275 g/mol. The third kappa shape index (κ3) is 4.12. The fraction of sp³-hybridized carbons (Fsp3) is 0.571. The number of nitro groups is 1. The number of benzene rings is 1. The summed E-state index contributed by atoms with van der Waals surface area (Å²) in [5.41, 5.74) is 0.576. The first kappa shape index (κ1) is 15.7. The minimum absolute atomic E-state index is 0.212. The van der Waals surface area contributed by atoms with Gasteiger partial charge in [0.15, 0.2) is 0 Å². The smallest absolute Gasteiger partial charge is 0.295 e. The number of likely N-dealkylation sites (N-methyl/N-ethyl adjacent to an activating group) is 1. The van der Waals surface area contributed by atoms with E-state index in [9.17, 15) is 14.5 Å². The second-order valence-electron chi connectivity index (χ2n) is 5.45. The molecule has 7 heteroatoms. The topological polar surface area (TPSA) is 61.6 Å². The molecule has 0 amide bonds. The van der Waals surface area contributed by atoms with Crippen molar-refractivity contribution in [3.8, 4) is 0 Å². The molecule has 0 aliphatic carbocycles. The molecule has 1 aromatic rings. The molecule has 0 unspecified atom stereocenters. The summed E-state index contributed by atoms with van der Waals surface area (Å²) in [6.07, 6.45) is 0. The Morgan fingerprint density at radius 1 is 1.33 bits per heavy atom. The third-order valence-electron chi connectivity index (χ3n) is 3.81. The lowest BCUT2D eigenvalue weighted by molar-refractivity contribution is -0.384. The van der Waals surface area contributed by atoms with Crippen LogP contribution in [0, 0.1) is 22.9 Å². The number of halogens is 1. The van der Waals surface area contributed by atoms with Crippen molar-refractivity contribution in [2.75, 3.05) is 51.6 Å². The summed E-state index contributed by atoms with van der Waals surface area (Å²) in [6, 6.07) is 2.48. The first-order valence-electron chi connectivity index (χ1n) is 7.06. The molecule has 116 valence electrons. The van der Waals surface area contributed by atoms with Crippen molar-refractivity contribution >= 4 is 11.4 Å². The van der Waals surface area contributed by atoms with Crippen molar-refractivity contribution in [3.63, 3.8) is 0 Å². The van der Waals surface area contributed by atoms with Crippen LogP contribution in [0.2, 0.25) is 0 Å². The fourth-order valence-electron chi connectivity index (χ4n) is 2.38. The van der Waals surface area contributed by atoms with Crippen LogP contribution in [-0.4, -0.2) is 61.0 Å². The molecule has 0 spiro atoms. The zero-order valence-corrected chi connectivity index (χ0v) is 12.4. The van der Waals surface area contributed by atoms with Gasteiger partial charge in [-0.2, -0.15) is 0 Å². The quantitative estimate of drug-likeness (QED) is 0.662. The van der Waals surface area contributed by atoms with Gasteiger partial charge in [-0.05, 0) is 25.6 Å². The summed E-state index contributed by atoms with van der Waals surface area (Å²) in [6.45, 7) is 7.11. The molecule has 1 fully saturated rings. The van der Waals surface area contributed by atoms with Gasteiger partial charge in [0.2, 0.25) is 0 Å². The molecule has 1 aliphatic rings. The van der Waals surface area contributed by atoms with Crippen LogP contribution in [-0.2, 0) is 0 Å². The van der Waals surface area contributed by atoms with Crippen LogP contribution in [0.5, 0.6) is 0 Å². The highest BCUT2D eigenvalue weighted by molar-refractivity contribution is 5.63. The number of anilines is 1. The number of nitro benzene ring substituents is 1. The molecule has 1 N–H and O–H groups in total. The molecule has 1 aliphatic heterocycles. The van der Waals surface area contributed by atoms with Gasteiger partial charge in [-0.1, -0.05) is 0 Å². The van der Waals surface area contributed by atoms with Crippen LogP contribution in [0.1, 0.15) is 5.56 Å². The van der Waals surface area contributed by atoms with Crippen LogP contribution in [0.4, 0.5) is 15.8 Å². The Balaban J connectivity index is 1.93. The van der Waals surface area contributed by atoms with Gasteiger partial charge >= 0.3 is 0 Å². The fourth-order valence-corrected chi connectivity index (χ4v) is 2.38. The molecule has 0 aromatic heterocycles. The van der Waals surface area contributed by atoms with Gasteiger partial charge < -0.3 is 10.2 Å². The van der Waals surface area contributed by atoms with E-state index < -0.39 is 10.7 Å². The SMILES string of the molecule is Cc1cc(NCCN2CCN(C)CC2)c([N+](=O)[O-])cc1F. The number of piperazine rings is 1. The summed E-state index contributed by atoms with van der Waals surface area (Å²) in [7, 11) is 2.10. The van der Waals surface area contributed by atoms with Gasteiger partial charge in [-0.3, -0.25) is 15.0 Å². The van der Waals surface area contributed by atoms with Crippen LogP contribution in [0.15, 0.2) is 12.1 Å². The van der Waals surface area contributed by atoms with Gasteiger partial charge in [-0.25, -0.2) is 4.39 Å². The molecule has 1 saturated heterocycles. The summed E-state index contributed by atoms with van der Waals surface area (Å²) in [4.78, 5) is 15.0. The van der Waals surface area contributed by atoms with E-state index in [2.05, 4.69) is 22.2 Å². The lowest BCUT2D eigenvalue weighted by Crippen LogP contribution is -2.45. The molecule has 6 nitrogen and oxygen atoms in total. The Bertz CT molecular complexity index is 516. The first-order valence-corrected chi connectivity index (χ1v) is 7.06. The van der Waals surface area contributed by atoms with Crippen LogP contribution in [0.3, 0.4) is 0 Å². The van der Waals surface area contributed by atoms with Gasteiger partial charge in [0.1, 0.15) is 11.5 Å². The Morgan fingerprint density at radius 2 is 2.00 bits per heavy atom. The van der Waals surface area contributed by atoms with Crippen molar-refractivity contribution in [1.29, 1.82) is 0 Å². The highest BCUT2D eigenvalue weighted by Crippen LogP contribution is 2.27. The monoisotopic (exact) mass is 296 g/mol. The predicted octanol–water partition coefficient (Wildman–Crippen LogP) is 1.70. The van der Waals surface area contributed by atoms with Crippen molar-refractivity contribution in [1.82, 2.24) is 9.80 Å². The lowest BCUT2D eigenvalue weighted by atomic mass is 10.2. The van der Waals surface area contributed by atoms with E-state index in [1.54, 1.807) is 6.92 Å². The second-order valence-corrected chi connectivity index (χ2v) is 5.45. The Kier molecular flexibility index (Phi) is 5.08. The van der Waals surface area contributed by atoms with E-state index in [0.717, 1.165) is 38.8 Å². The largest absolute Gasteiger partial charge is 0.378 e. The molecule has 1 heterocycles. The molecule has 0 bridgehead atoms. The van der Waals surface area contributed by atoms with Crippen molar-refractivity contribution < 1.29 is 9.31 Å². The second kappa shape index (κ2) is 6.82. The predicted molar refractivity (Wildman–Crippen MR) is 80.2 cm³/mol. The minimum Gasteiger partial charge on any atom is -0.378 e. The lowest BCUT2D eigenvalue weighted by Gasteiger charge is -2.32. The summed E-state index contributed by atoms with van der Waals surface area (Å²) in [5, 5.41) is 14.0. The highest BCUT2D eigenvalue weighted by Gasteiger charge is 2.17. The Hall–Kier alpha value is -1.73. The number of rotatable bonds is 5. The number of aryl methyl sites for hydroxylation is 1. The molecular formula is C14H21FN4O2. The molecule has 0 saturated carbocycles. The number of hydrogen-bond acceptors (Lipinski definition) is 5. The molecule has 1 aromatic carbocycles. The minimum atomic E-state index is -0.555. The maximum atomic E-state index is 13.4.